The fraction of sp³-hybridized carbons (Fsp3) is 0.467. The number of benzene rings is 1. The van der Waals surface area contributed by atoms with Crippen LogP contribution in [0, 0.1) is 0 Å². The molecule has 9 heteroatoms. The number of hydrogen-bond acceptors (Lipinski definition) is 5. The zero-order valence-corrected chi connectivity index (χ0v) is 14.8. The van der Waals surface area contributed by atoms with Crippen molar-refractivity contribution < 1.29 is 28.5 Å². The largest absolute Gasteiger partial charge is 0.480 e. The van der Waals surface area contributed by atoms with E-state index in [9.17, 15) is 14.2 Å². The number of hydrogen-bond donors (Lipinski definition) is 3. The molecule has 1 rings (SSSR count). The summed E-state index contributed by atoms with van der Waals surface area (Å²) in [6, 6.07) is 6.92. The summed E-state index contributed by atoms with van der Waals surface area (Å²) < 4.78 is 23.1. The van der Waals surface area contributed by atoms with E-state index >= 15 is 0 Å². The highest BCUT2D eigenvalue weighted by Crippen LogP contribution is 2.40. The lowest BCUT2D eigenvalue weighted by molar-refractivity contribution is -0.144. The van der Waals surface area contributed by atoms with E-state index in [-0.39, 0.29) is 13.2 Å². The Morgan fingerprint density at radius 3 is 2.29 bits per heavy atom. The molecule has 0 bridgehead atoms. The van der Waals surface area contributed by atoms with Crippen LogP contribution in [0.3, 0.4) is 0 Å². The van der Waals surface area contributed by atoms with Crippen molar-refractivity contribution in [2.75, 3.05) is 6.61 Å². The number of carboxylic acids is 1. The molecule has 0 aliphatic carbocycles. The van der Waals surface area contributed by atoms with Crippen molar-refractivity contribution in [2.45, 2.75) is 39.5 Å². The first kappa shape index (κ1) is 20.3. The molecule has 134 valence electrons. The van der Waals surface area contributed by atoms with E-state index in [0.717, 1.165) is 5.56 Å². The molecule has 0 fully saturated rings. The van der Waals surface area contributed by atoms with E-state index in [4.69, 9.17) is 14.4 Å². The molecule has 0 amide bonds. The molecule has 0 aliphatic rings. The Bertz CT molecular complexity index is 595. The van der Waals surface area contributed by atoms with Crippen molar-refractivity contribution in [3.8, 4) is 0 Å². The lowest BCUT2D eigenvalue weighted by Crippen LogP contribution is -2.41. The smallest absolute Gasteiger partial charge is 0.342 e. The Hall–Kier alpha value is -1.73. The molecule has 0 aromatic heterocycles. The number of esters is 1. The lowest BCUT2D eigenvalue weighted by atomic mass is 10.2. The fourth-order valence-corrected chi connectivity index (χ4v) is 3.53. The van der Waals surface area contributed by atoms with Crippen LogP contribution in [0.25, 0.3) is 0 Å². The second-order valence-electron chi connectivity index (χ2n) is 5.10. The number of carbonyl (C=O) groups is 2. The van der Waals surface area contributed by atoms with E-state index in [0.29, 0.717) is 0 Å². The maximum Gasteiger partial charge on any atom is 0.342 e. The molecule has 0 radical (unpaired) electrons. The first-order chi connectivity index (χ1) is 11.3. The molecular formula is C15H23N2O6P. The number of carboxylic acid groups (broad SMARTS) is 1. The first-order valence-electron chi connectivity index (χ1n) is 7.51. The molecule has 1 aromatic carbocycles. The average molecular weight is 358 g/mol. The van der Waals surface area contributed by atoms with Crippen molar-refractivity contribution in [1.82, 2.24) is 10.2 Å². The van der Waals surface area contributed by atoms with Gasteiger partial charge in [0.05, 0.1) is 13.2 Å². The van der Waals surface area contributed by atoms with Gasteiger partial charge in [-0.1, -0.05) is 30.3 Å². The lowest BCUT2D eigenvalue weighted by Gasteiger charge is -2.25. The molecule has 0 saturated heterocycles. The summed E-state index contributed by atoms with van der Waals surface area (Å²) in [6.45, 7) is 4.61. The summed E-state index contributed by atoms with van der Waals surface area (Å²) in [4.78, 5) is 22.7. The Labute approximate surface area is 141 Å². The van der Waals surface area contributed by atoms with Crippen LogP contribution in [0.1, 0.15) is 26.3 Å². The van der Waals surface area contributed by atoms with E-state index in [2.05, 4.69) is 10.2 Å². The predicted octanol–water partition coefficient (Wildman–Crippen LogP) is 1.92. The molecule has 3 atom stereocenters. The van der Waals surface area contributed by atoms with Gasteiger partial charge in [0.1, 0.15) is 12.1 Å². The molecule has 1 aromatic rings. The molecule has 8 nitrogen and oxygen atoms in total. The number of nitrogens with one attached hydrogen (secondary N) is 2. The van der Waals surface area contributed by atoms with Gasteiger partial charge in [0.25, 0.3) is 0 Å². The third kappa shape index (κ3) is 6.80. The third-order valence-corrected chi connectivity index (χ3v) is 4.94. The standard InChI is InChI=1S/C15H23N2O6P/c1-4-22-15(20)12(3)17-24(21,16-11(2)14(18)19)23-10-13-8-6-5-7-9-13/h5-9,11-12H,4,10H2,1-3H3,(H,18,19)(H2,16,17,21). The Balaban J connectivity index is 2.83. The van der Waals surface area contributed by atoms with Crippen LogP contribution < -0.4 is 10.2 Å². The normalized spacial score (nSPS) is 16.0. The number of aliphatic carboxylic acids is 1. The summed E-state index contributed by atoms with van der Waals surface area (Å²) in [5.41, 5.74) is 0.757. The molecule has 3 N–H and O–H groups in total. The average Bonchev–Trinajstić information content (AvgIpc) is 2.54. The van der Waals surface area contributed by atoms with Crippen LogP contribution in [0.5, 0.6) is 0 Å². The summed E-state index contributed by atoms with van der Waals surface area (Å²) in [6.07, 6.45) is 0. The maximum absolute atomic E-state index is 12.9. The molecule has 0 aliphatic heterocycles. The Morgan fingerprint density at radius 2 is 1.75 bits per heavy atom. The van der Waals surface area contributed by atoms with Crippen molar-refractivity contribution in [3.05, 3.63) is 35.9 Å². The minimum Gasteiger partial charge on any atom is -0.480 e. The number of rotatable bonds is 10. The van der Waals surface area contributed by atoms with E-state index in [1.54, 1.807) is 31.2 Å². The van der Waals surface area contributed by atoms with Crippen molar-refractivity contribution in [3.63, 3.8) is 0 Å². The van der Waals surface area contributed by atoms with Crippen molar-refractivity contribution in [1.29, 1.82) is 0 Å². The van der Waals surface area contributed by atoms with Gasteiger partial charge in [0, 0.05) is 0 Å². The van der Waals surface area contributed by atoms with Gasteiger partial charge in [0.2, 0.25) is 0 Å². The minimum atomic E-state index is -3.81. The van der Waals surface area contributed by atoms with Gasteiger partial charge < -0.3 is 14.4 Å². The van der Waals surface area contributed by atoms with Gasteiger partial charge in [-0.2, -0.15) is 0 Å². The molecule has 0 spiro atoms. The predicted molar refractivity (Wildman–Crippen MR) is 88.3 cm³/mol. The van der Waals surface area contributed by atoms with Crippen molar-refractivity contribution >= 4 is 19.6 Å². The van der Waals surface area contributed by atoms with Crippen LogP contribution in [0.15, 0.2) is 30.3 Å². The van der Waals surface area contributed by atoms with Gasteiger partial charge in [-0.3, -0.25) is 14.2 Å². The third-order valence-electron chi connectivity index (χ3n) is 2.99. The van der Waals surface area contributed by atoms with Gasteiger partial charge in [-0.05, 0) is 26.3 Å². The SMILES string of the molecule is CCOC(=O)C(C)NP(=O)(NC(C)C(=O)O)OCc1ccccc1. The summed E-state index contributed by atoms with van der Waals surface area (Å²) in [7, 11) is -3.81. The molecule has 24 heavy (non-hydrogen) atoms. The van der Waals surface area contributed by atoms with Crippen LogP contribution in [-0.2, 0) is 30.0 Å². The van der Waals surface area contributed by atoms with Gasteiger partial charge in [-0.15, -0.1) is 0 Å². The molecule has 0 heterocycles. The topological polar surface area (TPSA) is 114 Å². The monoisotopic (exact) mass is 358 g/mol. The number of carbonyl (C=O) groups excluding carboxylic acids is 1. The summed E-state index contributed by atoms with van der Waals surface area (Å²) in [5.74, 6) is -1.80. The second kappa shape index (κ2) is 9.54. The quantitative estimate of drug-likeness (QED) is 0.429. The van der Waals surface area contributed by atoms with Gasteiger partial charge >= 0.3 is 19.6 Å². The summed E-state index contributed by atoms with van der Waals surface area (Å²) in [5, 5.41) is 13.9. The van der Waals surface area contributed by atoms with E-state index < -0.39 is 31.7 Å². The van der Waals surface area contributed by atoms with Crippen molar-refractivity contribution in [2.24, 2.45) is 0 Å². The summed E-state index contributed by atoms with van der Waals surface area (Å²) >= 11 is 0. The van der Waals surface area contributed by atoms with E-state index in [1.165, 1.54) is 13.8 Å². The zero-order chi connectivity index (χ0) is 18.2. The second-order valence-corrected chi connectivity index (χ2v) is 6.98. The van der Waals surface area contributed by atoms with Crippen LogP contribution in [-0.4, -0.2) is 35.7 Å². The van der Waals surface area contributed by atoms with Gasteiger partial charge in [-0.25, -0.2) is 10.2 Å². The minimum absolute atomic E-state index is 0.0139. The highest BCUT2D eigenvalue weighted by atomic mass is 31.2. The highest BCUT2D eigenvalue weighted by molar-refractivity contribution is 7.54. The zero-order valence-electron chi connectivity index (χ0n) is 13.9. The van der Waals surface area contributed by atoms with Gasteiger partial charge in [0.15, 0.2) is 0 Å². The molecule has 0 saturated carbocycles. The molecular weight excluding hydrogens is 335 g/mol. The Morgan fingerprint density at radius 1 is 1.17 bits per heavy atom. The highest BCUT2D eigenvalue weighted by Gasteiger charge is 2.32. The number of ether oxygens (including phenoxy) is 1. The molecule has 3 unspecified atom stereocenters. The van der Waals surface area contributed by atoms with Crippen LogP contribution >= 0.6 is 7.67 Å². The van der Waals surface area contributed by atoms with Crippen LogP contribution in [0.4, 0.5) is 0 Å². The maximum atomic E-state index is 12.9. The van der Waals surface area contributed by atoms with Crippen LogP contribution in [0.2, 0.25) is 0 Å². The fourth-order valence-electron chi connectivity index (χ4n) is 1.74. The Kier molecular flexibility index (Phi) is 8.07. The first-order valence-corrected chi connectivity index (χ1v) is 9.13. The van der Waals surface area contributed by atoms with E-state index in [1.807, 2.05) is 6.07 Å².